The summed E-state index contributed by atoms with van der Waals surface area (Å²) in [6.07, 6.45) is 1.99. The Kier molecular flexibility index (Phi) is 8.18. The summed E-state index contributed by atoms with van der Waals surface area (Å²) in [5, 5.41) is 0. The Morgan fingerprint density at radius 1 is 1.19 bits per heavy atom. The van der Waals surface area contributed by atoms with E-state index in [0.29, 0.717) is 33.0 Å². The molecule has 1 aliphatic rings. The maximum atomic E-state index is 12.1. The third kappa shape index (κ3) is 5.90. The molecule has 21 heavy (non-hydrogen) atoms. The molecule has 1 saturated carbocycles. The first kappa shape index (κ1) is 18.4. The second-order valence-corrected chi connectivity index (χ2v) is 5.48. The highest BCUT2D eigenvalue weighted by Gasteiger charge is 2.49. The van der Waals surface area contributed by atoms with E-state index in [0.717, 1.165) is 25.9 Å². The molecule has 1 fully saturated rings. The Labute approximate surface area is 127 Å². The summed E-state index contributed by atoms with van der Waals surface area (Å²) in [5.41, 5.74) is 5.46. The fraction of sp³-hybridized carbons (Fsp3) is 0.933. The number of carbonyl (C=O) groups is 1. The maximum Gasteiger partial charge on any atom is 0.327 e. The molecule has 1 atom stereocenters. The zero-order valence-electron chi connectivity index (χ0n) is 13.6. The summed E-state index contributed by atoms with van der Waals surface area (Å²) in [7, 11) is 1.40. The molecule has 0 saturated heterocycles. The van der Waals surface area contributed by atoms with Crippen LogP contribution in [0.4, 0.5) is 0 Å². The van der Waals surface area contributed by atoms with Crippen molar-refractivity contribution in [3.8, 4) is 0 Å². The van der Waals surface area contributed by atoms with E-state index in [-0.39, 0.29) is 11.9 Å². The molecule has 0 radical (unpaired) electrons. The van der Waals surface area contributed by atoms with Gasteiger partial charge in [-0.2, -0.15) is 0 Å². The molecule has 0 aromatic heterocycles. The highest BCUT2D eigenvalue weighted by Crippen LogP contribution is 2.39. The van der Waals surface area contributed by atoms with E-state index in [4.69, 9.17) is 19.9 Å². The van der Waals surface area contributed by atoms with Gasteiger partial charge in [0.15, 0.2) is 0 Å². The number of ether oxygens (including phenoxy) is 3. The Hall–Kier alpha value is -0.690. The largest absolute Gasteiger partial charge is 0.468 e. The van der Waals surface area contributed by atoms with Crippen molar-refractivity contribution in [1.29, 1.82) is 0 Å². The van der Waals surface area contributed by atoms with Crippen molar-refractivity contribution >= 4 is 5.97 Å². The topological polar surface area (TPSA) is 74.0 Å². The van der Waals surface area contributed by atoms with Gasteiger partial charge in [0.2, 0.25) is 0 Å². The van der Waals surface area contributed by atoms with Gasteiger partial charge in [0.25, 0.3) is 0 Å². The average Bonchev–Trinajstić information content (AvgIpc) is 3.31. The molecule has 0 spiro atoms. The van der Waals surface area contributed by atoms with Crippen molar-refractivity contribution in [2.24, 2.45) is 11.7 Å². The van der Waals surface area contributed by atoms with Crippen LogP contribution in [0, 0.1) is 5.92 Å². The van der Waals surface area contributed by atoms with Crippen LogP contribution in [0.3, 0.4) is 0 Å². The van der Waals surface area contributed by atoms with E-state index in [1.54, 1.807) is 0 Å². The lowest BCUT2D eigenvalue weighted by atomic mass is 9.93. The lowest BCUT2D eigenvalue weighted by Crippen LogP contribution is -2.59. The molecule has 2 N–H and O–H groups in total. The molecule has 0 amide bonds. The van der Waals surface area contributed by atoms with Crippen LogP contribution in [0.2, 0.25) is 0 Å². The average molecular weight is 302 g/mol. The maximum absolute atomic E-state index is 12.1. The minimum absolute atomic E-state index is 0.228. The molecule has 6 nitrogen and oxygen atoms in total. The molecular weight excluding hydrogens is 272 g/mol. The highest BCUT2D eigenvalue weighted by atomic mass is 16.5. The number of nitrogens with zero attached hydrogens (tertiary/aromatic N) is 1. The van der Waals surface area contributed by atoms with Gasteiger partial charge < -0.3 is 19.9 Å². The zero-order chi connectivity index (χ0) is 15.7. The number of nitrogens with two attached hydrogens (primary N) is 1. The Bertz CT molecular complexity index is 300. The first-order valence-electron chi connectivity index (χ1n) is 7.83. The van der Waals surface area contributed by atoms with Gasteiger partial charge in [-0.3, -0.25) is 9.69 Å². The summed E-state index contributed by atoms with van der Waals surface area (Å²) in [6, 6.07) is 0. The van der Waals surface area contributed by atoms with E-state index < -0.39 is 5.54 Å². The summed E-state index contributed by atoms with van der Waals surface area (Å²) in [4.78, 5) is 14.2. The Balaban J connectivity index is 2.59. The number of methoxy groups -OCH3 is 1. The van der Waals surface area contributed by atoms with Crippen molar-refractivity contribution in [1.82, 2.24) is 4.90 Å². The number of rotatable bonds is 12. The van der Waals surface area contributed by atoms with Crippen LogP contribution < -0.4 is 5.73 Å². The fourth-order valence-corrected chi connectivity index (χ4v) is 2.46. The van der Waals surface area contributed by atoms with Gasteiger partial charge in [-0.05, 0) is 32.6 Å². The molecule has 1 aliphatic carbocycles. The molecular formula is C15H30N2O4. The fourth-order valence-electron chi connectivity index (χ4n) is 2.46. The minimum atomic E-state index is -0.910. The van der Waals surface area contributed by atoms with Gasteiger partial charge in [-0.25, -0.2) is 0 Å². The van der Waals surface area contributed by atoms with Crippen LogP contribution in [-0.4, -0.2) is 69.6 Å². The second kappa shape index (κ2) is 9.35. The normalized spacial score (nSPS) is 17.8. The third-order valence-corrected chi connectivity index (χ3v) is 3.87. The number of carbonyl (C=O) groups excluding carboxylic acids is 1. The van der Waals surface area contributed by atoms with E-state index in [1.807, 2.05) is 13.8 Å². The van der Waals surface area contributed by atoms with Crippen LogP contribution in [-0.2, 0) is 19.0 Å². The van der Waals surface area contributed by atoms with Crippen molar-refractivity contribution in [2.45, 2.75) is 32.2 Å². The van der Waals surface area contributed by atoms with Crippen LogP contribution in [0.5, 0.6) is 0 Å². The third-order valence-electron chi connectivity index (χ3n) is 3.87. The van der Waals surface area contributed by atoms with Gasteiger partial charge in [-0.15, -0.1) is 0 Å². The van der Waals surface area contributed by atoms with Crippen molar-refractivity contribution < 1.29 is 19.0 Å². The second-order valence-electron chi connectivity index (χ2n) is 5.48. The number of hydrogen-bond donors (Lipinski definition) is 1. The molecule has 6 heteroatoms. The van der Waals surface area contributed by atoms with Crippen LogP contribution in [0.1, 0.15) is 26.7 Å². The molecule has 0 bridgehead atoms. The Morgan fingerprint density at radius 3 is 2.10 bits per heavy atom. The minimum Gasteiger partial charge on any atom is -0.468 e. The van der Waals surface area contributed by atoms with Gasteiger partial charge in [0.1, 0.15) is 5.54 Å². The predicted octanol–water partition coefficient (Wildman–Crippen LogP) is 0.642. The van der Waals surface area contributed by atoms with Crippen molar-refractivity contribution in [3.05, 3.63) is 0 Å². The standard InChI is InChI=1S/C15H30N2O4/c1-4-20-10-8-17(9-11-21-5-2)12-15(16,13-6-7-13)14(18)19-3/h13H,4-12,16H2,1-3H3. The molecule has 0 aromatic rings. The van der Waals surface area contributed by atoms with E-state index in [1.165, 1.54) is 7.11 Å². The van der Waals surface area contributed by atoms with E-state index in [2.05, 4.69) is 4.90 Å². The van der Waals surface area contributed by atoms with Gasteiger partial charge in [0, 0.05) is 32.8 Å². The zero-order valence-corrected chi connectivity index (χ0v) is 13.6. The molecule has 0 aromatic carbocycles. The summed E-state index contributed by atoms with van der Waals surface area (Å²) in [5.74, 6) is -0.0885. The predicted molar refractivity (Wildman–Crippen MR) is 81.1 cm³/mol. The number of esters is 1. The SMILES string of the molecule is CCOCCN(CCOCC)CC(N)(C(=O)OC)C1CC1. The molecule has 1 rings (SSSR count). The van der Waals surface area contributed by atoms with E-state index >= 15 is 0 Å². The van der Waals surface area contributed by atoms with E-state index in [9.17, 15) is 4.79 Å². The molecule has 0 heterocycles. The van der Waals surface area contributed by atoms with Gasteiger partial charge in [0.05, 0.1) is 20.3 Å². The van der Waals surface area contributed by atoms with Crippen LogP contribution >= 0.6 is 0 Å². The highest BCUT2D eigenvalue weighted by molar-refractivity contribution is 5.81. The van der Waals surface area contributed by atoms with Crippen molar-refractivity contribution in [2.75, 3.05) is 53.2 Å². The smallest absolute Gasteiger partial charge is 0.327 e. The summed E-state index contributed by atoms with van der Waals surface area (Å²) in [6.45, 7) is 8.54. The Morgan fingerprint density at radius 2 is 1.71 bits per heavy atom. The molecule has 0 aliphatic heterocycles. The quantitative estimate of drug-likeness (QED) is 0.421. The molecule has 1 unspecified atom stereocenters. The lowest BCUT2D eigenvalue weighted by Gasteiger charge is -2.33. The lowest BCUT2D eigenvalue weighted by molar-refractivity contribution is -0.149. The molecule has 124 valence electrons. The first-order valence-corrected chi connectivity index (χ1v) is 7.83. The van der Waals surface area contributed by atoms with Crippen LogP contribution in [0.15, 0.2) is 0 Å². The van der Waals surface area contributed by atoms with Crippen molar-refractivity contribution in [3.63, 3.8) is 0 Å². The first-order chi connectivity index (χ1) is 10.1. The summed E-state index contributed by atoms with van der Waals surface area (Å²) < 4.78 is 15.7. The number of hydrogen-bond acceptors (Lipinski definition) is 6. The van der Waals surface area contributed by atoms with Gasteiger partial charge in [-0.1, -0.05) is 0 Å². The summed E-state index contributed by atoms with van der Waals surface area (Å²) >= 11 is 0. The monoisotopic (exact) mass is 302 g/mol. The van der Waals surface area contributed by atoms with Crippen LogP contribution in [0.25, 0.3) is 0 Å². The van der Waals surface area contributed by atoms with Gasteiger partial charge >= 0.3 is 5.97 Å².